The normalized spacial score (nSPS) is 35.6. The van der Waals surface area contributed by atoms with E-state index in [0.29, 0.717) is 12.0 Å². The molecule has 3 rings (SSSR count). The van der Waals surface area contributed by atoms with Crippen molar-refractivity contribution in [3.63, 3.8) is 0 Å². The van der Waals surface area contributed by atoms with Gasteiger partial charge in [0.1, 0.15) is 0 Å². The Morgan fingerprint density at radius 1 is 0.760 bits per heavy atom. The molecule has 3 aliphatic rings. The Balaban J connectivity index is 1.41. The minimum atomic E-state index is -3.10. The maximum absolute atomic E-state index is 11.6. The Bertz CT molecular complexity index is 494. The molecule has 0 aromatic carbocycles. The second kappa shape index (κ2) is 9.18. The number of rotatable bonds is 6. The monoisotopic (exact) mass is 370 g/mol. The van der Waals surface area contributed by atoms with Gasteiger partial charge in [-0.3, -0.25) is 0 Å². The molecule has 25 heavy (non-hydrogen) atoms. The van der Waals surface area contributed by atoms with Crippen molar-refractivity contribution in [2.75, 3.05) is 12.8 Å². The van der Waals surface area contributed by atoms with E-state index in [4.69, 9.17) is 0 Å². The van der Waals surface area contributed by atoms with Gasteiger partial charge in [0, 0.05) is 12.1 Å². The summed E-state index contributed by atoms with van der Waals surface area (Å²) in [4.78, 5) is 0. The van der Waals surface area contributed by atoms with E-state index in [-0.39, 0.29) is 6.04 Å². The molecule has 2 atom stereocenters. The highest BCUT2D eigenvalue weighted by Gasteiger charge is 2.30. The molecule has 3 fully saturated rings. The van der Waals surface area contributed by atoms with Gasteiger partial charge in [-0.25, -0.2) is 13.1 Å². The molecule has 3 aliphatic carbocycles. The summed E-state index contributed by atoms with van der Waals surface area (Å²) in [5.74, 6) is 2.45. The van der Waals surface area contributed by atoms with Crippen LogP contribution in [0.15, 0.2) is 0 Å². The number of nitrogens with one attached hydrogen (secondary N) is 2. The molecule has 0 amide bonds. The third kappa shape index (κ3) is 6.21. The standard InChI is InChI=1S/C20H38N2O2S/c1-25(23,24)22-20-10-6-5-9-18(20)15-21-19-13-11-17(12-14-19)16-7-3-2-4-8-16/h16-22H,2-15H2,1H3. The van der Waals surface area contributed by atoms with Crippen LogP contribution in [0.3, 0.4) is 0 Å². The highest BCUT2D eigenvalue weighted by Crippen LogP contribution is 2.38. The Hall–Kier alpha value is -0.130. The van der Waals surface area contributed by atoms with Gasteiger partial charge >= 0.3 is 0 Å². The zero-order valence-electron chi connectivity index (χ0n) is 16.0. The maximum Gasteiger partial charge on any atom is 0.208 e. The zero-order chi connectivity index (χ0) is 17.7. The zero-order valence-corrected chi connectivity index (χ0v) is 16.8. The van der Waals surface area contributed by atoms with E-state index in [1.165, 1.54) is 70.5 Å². The first-order valence-electron chi connectivity index (χ1n) is 10.7. The van der Waals surface area contributed by atoms with E-state index in [9.17, 15) is 8.42 Å². The minimum absolute atomic E-state index is 0.134. The van der Waals surface area contributed by atoms with Crippen LogP contribution in [-0.4, -0.2) is 33.3 Å². The summed E-state index contributed by atoms with van der Waals surface area (Å²) < 4.78 is 26.1. The first kappa shape index (κ1) is 19.6. The van der Waals surface area contributed by atoms with Gasteiger partial charge in [-0.2, -0.15) is 0 Å². The Morgan fingerprint density at radius 3 is 2.04 bits per heavy atom. The minimum Gasteiger partial charge on any atom is -0.314 e. The summed E-state index contributed by atoms with van der Waals surface area (Å²) >= 11 is 0. The van der Waals surface area contributed by atoms with Gasteiger partial charge in [-0.15, -0.1) is 0 Å². The van der Waals surface area contributed by atoms with Crippen molar-refractivity contribution in [3.05, 3.63) is 0 Å². The van der Waals surface area contributed by atoms with Crippen molar-refractivity contribution in [2.24, 2.45) is 17.8 Å². The molecule has 0 aliphatic heterocycles. The van der Waals surface area contributed by atoms with Crippen LogP contribution in [0.4, 0.5) is 0 Å². The fourth-order valence-corrected chi connectivity index (χ4v) is 6.46. The molecule has 0 spiro atoms. The lowest BCUT2D eigenvalue weighted by Crippen LogP contribution is -2.47. The van der Waals surface area contributed by atoms with E-state index in [2.05, 4.69) is 10.0 Å². The summed E-state index contributed by atoms with van der Waals surface area (Å²) in [5.41, 5.74) is 0. The van der Waals surface area contributed by atoms with Gasteiger partial charge in [-0.05, 0) is 62.8 Å². The predicted octanol–water partition coefficient (Wildman–Crippen LogP) is 3.82. The van der Waals surface area contributed by atoms with Gasteiger partial charge in [0.05, 0.1) is 6.26 Å². The van der Waals surface area contributed by atoms with Crippen LogP contribution in [0.25, 0.3) is 0 Å². The van der Waals surface area contributed by atoms with Gasteiger partial charge in [0.15, 0.2) is 0 Å². The molecule has 4 nitrogen and oxygen atoms in total. The van der Waals surface area contributed by atoms with Crippen molar-refractivity contribution in [3.8, 4) is 0 Å². The van der Waals surface area contributed by atoms with E-state index in [1.807, 2.05) is 0 Å². The van der Waals surface area contributed by atoms with Gasteiger partial charge in [0.2, 0.25) is 10.0 Å². The first-order chi connectivity index (χ1) is 12.0. The third-order valence-corrected chi connectivity index (χ3v) is 7.76. The van der Waals surface area contributed by atoms with Crippen LogP contribution in [0.2, 0.25) is 0 Å². The molecule has 5 heteroatoms. The quantitative estimate of drug-likeness (QED) is 0.747. The van der Waals surface area contributed by atoms with Crippen LogP contribution < -0.4 is 10.0 Å². The van der Waals surface area contributed by atoms with Crippen LogP contribution >= 0.6 is 0 Å². The maximum atomic E-state index is 11.6. The van der Waals surface area contributed by atoms with E-state index < -0.39 is 10.0 Å². The van der Waals surface area contributed by atoms with Crippen molar-refractivity contribution in [1.29, 1.82) is 0 Å². The second-order valence-corrected chi connectivity index (χ2v) is 10.7. The molecule has 0 aromatic heterocycles. The molecular weight excluding hydrogens is 332 g/mol. The summed E-state index contributed by atoms with van der Waals surface area (Å²) in [6, 6.07) is 0.787. The van der Waals surface area contributed by atoms with E-state index in [1.54, 1.807) is 0 Å². The lowest BCUT2D eigenvalue weighted by Gasteiger charge is -2.37. The fourth-order valence-electron chi connectivity index (χ4n) is 5.60. The van der Waals surface area contributed by atoms with Gasteiger partial charge < -0.3 is 5.32 Å². The lowest BCUT2D eigenvalue weighted by atomic mass is 9.72. The third-order valence-electron chi connectivity index (χ3n) is 7.03. The molecule has 0 saturated heterocycles. The van der Waals surface area contributed by atoms with Crippen molar-refractivity contribution < 1.29 is 8.42 Å². The molecule has 3 saturated carbocycles. The molecule has 2 unspecified atom stereocenters. The molecule has 146 valence electrons. The smallest absolute Gasteiger partial charge is 0.208 e. The Morgan fingerprint density at radius 2 is 1.36 bits per heavy atom. The molecule has 0 radical (unpaired) electrons. The summed E-state index contributed by atoms with van der Waals surface area (Å²) in [6.45, 7) is 0.978. The largest absolute Gasteiger partial charge is 0.314 e. The summed E-state index contributed by atoms with van der Waals surface area (Å²) in [7, 11) is -3.10. The molecule has 0 bridgehead atoms. The van der Waals surface area contributed by atoms with Crippen LogP contribution in [-0.2, 0) is 10.0 Å². The summed E-state index contributed by atoms with van der Waals surface area (Å²) in [5, 5.41) is 3.80. The molecular formula is C20H38N2O2S. The van der Waals surface area contributed by atoms with Crippen molar-refractivity contribution >= 4 is 10.0 Å². The van der Waals surface area contributed by atoms with Crippen molar-refractivity contribution in [2.45, 2.75) is 95.6 Å². The summed E-state index contributed by atoms with van der Waals surface area (Å²) in [6.07, 6.45) is 18.6. The average Bonchev–Trinajstić information content (AvgIpc) is 2.61. The highest BCUT2D eigenvalue weighted by molar-refractivity contribution is 7.88. The lowest BCUT2D eigenvalue weighted by molar-refractivity contribution is 0.171. The molecule has 2 N–H and O–H groups in total. The van der Waals surface area contributed by atoms with Crippen LogP contribution in [0, 0.1) is 17.8 Å². The predicted molar refractivity (Wildman–Crippen MR) is 104 cm³/mol. The van der Waals surface area contributed by atoms with Crippen LogP contribution in [0.5, 0.6) is 0 Å². The molecule has 0 heterocycles. The van der Waals surface area contributed by atoms with Gasteiger partial charge in [0.25, 0.3) is 0 Å². The number of sulfonamides is 1. The highest BCUT2D eigenvalue weighted by atomic mass is 32.2. The Labute approximate surface area is 155 Å². The number of hydrogen-bond acceptors (Lipinski definition) is 3. The van der Waals surface area contributed by atoms with E-state index in [0.717, 1.165) is 37.6 Å². The topological polar surface area (TPSA) is 58.2 Å². The van der Waals surface area contributed by atoms with Crippen molar-refractivity contribution in [1.82, 2.24) is 10.0 Å². The first-order valence-corrected chi connectivity index (χ1v) is 12.6. The SMILES string of the molecule is CS(=O)(=O)NC1CCCCC1CNC1CCC(C2CCCCC2)CC1. The Kier molecular flexibility index (Phi) is 7.21. The number of hydrogen-bond donors (Lipinski definition) is 2. The van der Waals surface area contributed by atoms with Crippen LogP contribution in [0.1, 0.15) is 83.5 Å². The fraction of sp³-hybridized carbons (Fsp3) is 1.00. The molecule has 0 aromatic rings. The van der Waals surface area contributed by atoms with E-state index >= 15 is 0 Å². The average molecular weight is 371 g/mol. The second-order valence-electron chi connectivity index (χ2n) is 8.96. The van der Waals surface area contributed by atoms with Gasteiger partial charge in [-0.1, -0.05) is 44.9 Å².